The van der Waals surface area contributed by atoms with Crippen LogP contribution in [0.1, 0.15) is 11.1 Å². The summed E-state index contributed by atoms with van der Waals surface area (Å²) in [5.41, 5.74) is 1.51. The molecule has 0 spiro atoms. The average molecular weight is 133 g/mol. The molecule has 1 rings (SSSR count). The van der Waals surface area contributed by atoms with Gasteiger partial charge in [-0.2, -0.15) is 0 Å². The highest BCUT2D eigenvalue weighted by molar-refractivity contribution is 5.36. The molecule has 0 saturated heterocycles. The topological polar surface area (TPSA) is 0 Å². The fourth-order valence-electron chi connectivity index (χ4n) is 0.704. The van der Waals surface area contributed by atoms with E-state index in [2.05, 4.69) is 12.8 Å². The van der Waals surface area contributed by atoms with E-state index in [1.807, 2.05) is 6.07 Å². The average Bonchev–Trinajstić information content (AvgIpc) is 1.88. The van der Waals surface area contributed by atoms with E-state index >= 15 is 0 Å². The van der Waals surface area contributed by atoms with Crippen molar-refractivity contribution in [3.63, 3.8) is 0 Å². The summed E-state index contributed by atoms with van der Waals surface area (Å²) in [6.45, 7) is 3.67. The van der Waals surface area contributed by atoms with Gasteiger partial charge in [-0.1, -0.05) is 12.1 Å². The second-order valence-electron chi connectivity index (χ2n) is 1.92. The van der Waals surface area contributed by atoms with Crippen LogP contribution in [0.15, 0.2) is 24.3 Å². The second kappa shape index (κ2) is 3.03. The van der Waals surface area contributed by atoms with Crippen LogP contribution in [-0.2, 0) is 0 Å². The number of rotatable bonds is 0. The summed E-state index contributed by atoms with van der Waals surface area (Å²) < 4.78 is 11.4. The molecular formula is C9H6F. The molecular weight excluding hydrogens is 127 g/mol. The predicted octanol–water partition coefficient (Wildman–Crippen LogP) is 2.15. The molecule has 0 bridgehead atoms. The van der Waals surface area contributed by atoms with Gasteiger partial charge in [-0.3, -0.25) is 0 Å². The molecule has 0 nitrogen and oxygen atoms in total. The molecule has 1 aromatic carbocycles. The van der Waals surface area contributed by atoms with Crippen LogP contribution in [0.25, 0.3) is 0 Å². The summed E-state index contributed by atoms with van der Waals surface area (Å²) in [5.74, 6) is 2.29. The molecule has 0 amide bonds. The quantitative estimate of drug-likeness (QED) is 0.476. The lowest BCUT2D eigenvalue weighted by Crippen LogP contribution is -1.74. The molecule has 0 heterocycles. The minimum Gasteiger partial charge on any atom is -0.144 e. The van der Waals surface area contributed by atoms with Gasteiger partial charge < -0.3 is 0 Å². The lowest BCUT2D eigenvalue weighted by Gasteiger charge is -1.90. The molecule has 0 saturated carbocycles. The summed E-state index contributed by atoms with van der Waals surface area (Å²) in [5, 5.41) is 0. The zero-order chi connectivity index (χ0) is 7.40. The Labute approximate surface area is 59.7 Å². The fraction of sp³-hybridized carbons (Fsp3) is 0. The molecule has 1 aromatic rings. The van der Waals surface area contributed by atoms with Crippen molar-refractivity contribution in [2.45, 2.75) is 0 Å². The first kappa shape index (κ1) is 6.82. The van der Waals surface area contributed by atoms with Gasteiger partial charge in [0.15, 0.2) is 0 Å². The second-order valence-corrected chi connectivity index (χ2v) is 1.92. The highest BCUT2D eigenvalue weighted by Crippen LogP contribution is 2.01. The van der Waals surface area contributed by atoms with Crippen LogP contribution in [0, 0.1) is 19.0 Å². The van der Waals surface area contributed by atoms with Crippen LogP contribution in [-0.4, -0.2) is 0 Å². The van der Waals surface area contributed by atoms with E-state index in [9.17, 15) is 4.39 Å². The molecule has 1 radical (unpaired) electrons. The van der Waals surface area contributed by atoms with E-state index in [0.29, 0.717) is 5.56 Å². The molecule has 0 aliphatic carbocycles. The van der Waals surface area contributed by atoms with Gasteiger partial charge in [-0.05, 0) is 30.5 Å². The summed E-state index contributed by atoms with van der Waals surface area (Å²) in [4.78, 5) is 0. The Morgan fingerprint density at radius 1 is 1.40 bits per heavy atom. The fourth-order valence-corrected chi connectivity index (χ4v) is 0.704. The minimum absolute atomic E-state index is 0.662. The molecule has 1 heteroatoms. The summed E-state index contributed by atoms with van der Waals surface area (Å²) in [7, 11) is 0. The first-order valence-corrected chi connectivity index (χ1v) is 2.86. The number of hydrogen-bond donors (Lipinski definition) is 0. The monoisotopic (exact) mass is 133 g/mol. The van der Waals surface area contributed by atoms with Crippen molar-refractivity contribution in [1.82, 2.24) is 0 Å². The zero-order valence-electron chi connectivity index (χ0n) is 5.39. The van der Waals surface area contributed by atoms with Gasteiger partial charge in [-0.15, -0.1) is 4.39 Å². The SMILES string of the molecule is [CH2]c1cccc(C#CF)c1. The maximum absolute atomic E-state index is 11.4. The molecule has 0 N–H and O–H groups in total. The number of benzene rings is 1. The van der Waals surface area contributed by atoms with Gasteiger partial charge in [0.05, 0.1) is 0 Å². The van der Waals surface area contributed by atoms with E-state index in [1.165, 1.54) is 6.17 Å². The van der Waals surface area contributed by atoms with Crippen LogP contribution >= 0.6 is 0 Å². The van der Waals surface area contributed by atoms with Crippen LogP contribution in [0.3, 0.4) is 0 Å². The van der Waals surface area contributed by atoms with Crippen molar-refractivity contribution in [3.05, 3.63) is 42.3 Å². The number of hydrogen-bond acceptors (Lipinski definition) is 0. The third kappa shape index (κ3) is 1.60. The van der Waals surface area contributed by atoms with Crippen molar-refractivity contribution in [2.75, 3.05) is 0 Å². The molecule has 0 unspecified atom stereocenters. The third-order valence-electron chi connectivity index (χ3n) is 1.12. The summed E-state index contributed by atoms with van der Waals surface area (Å²) >= 11 is 0. The lowest BCUT2D eigenvalue weighted by molar-refractivity contribution is 0.774. The van der Waals surface area contributed by atoms with E-state index in [0.717, 1.165) is 5.56 Å². The smallest absolute Gasteiger partial charge is 0.111 e. The van der Waals surface area contributed by atoms with Crippen molar-refractivity contribution in [3.8, 4) is 12.1 Å². The van der Waals surface area contributed by atoms with Crippen LogP contribution in [0.2, 0.25) is 0 Å². The predicted molar refractivity (Wildman–Crippen MR) is 38.9 cm³/mol. The van der Waals surface area contributed by atoms with Gasteiger partial charge in [-0.25, -0.2) is 0 Å². The Morgan fingerprint density at radius 2 is 2.20 bits per heavy atom. The van der Waals surface area contributed by atoms with Crippen molar-refractivity contribution >= 4 is 0 Å². The van der Waals surface area contributed by atoms with Crippen LogP contribution in [0.4, 0.5) is 4.39 Å². The van der Waals surface area contributed by atoms with Crippen molar-refractivity contribution in [2.24, 2.45) is 0 Å². The molecule has 0 aliphatic heterocycles. The first-order chi connectivity index (χ1) is 4.83. The highest BCUT2D eigenvalue weighted by atomic mass is 19.1. The normalized spacial score (nSPS) is 8.20. The molecule has 10 heavy (non-hydrogen) atoms. The Morgan fingerprint density at radius 3 is 2.80 bits per heavy atom. The standard InChI is InChI=1S/C9H6F/c1-8-3-2-4-9(7-8)5-6-10/h2-4,7H,1H2. The molecule has 0 aromatic heterocycles. The summed E-state index contributed by atoms with van der Waals surface area (Å²) in [6, 6.07) is 7.10. The van der Waals surface area contributed by atoms with E-state index < -0.39 is 0 Å². The lowest BCUT2D eigenvalue weighted by atomic mass is 10.1. The van der Waals surface area contributed by atoms with Gasteiger partial charge in [0, 0.05) is 5.56 Å². The van der Waals surface area contributed by atoms with Gasteiger partial charge in [0.1, 0.15) is 6.17 Å². The maximum atomic E-state index is 11.4. The minimum atomic E-state index is 0.662. The Bertz CT molecular complexity index is 278. The van der Waals surface area contributed by atoms with Crippen LogP contribution in [0.5, 0.6) is 0 Å². The van der Waals surface area contributed by atoms with Crippen LogP contribution < -0.4 is 0 Å². The Kier molecular flexibility index (Phi) is 2.07. The zero-order valence-corrected chi connectivity index (χ0v) is 5.39. The highest BCUT2D eigenvalue weighted by Gasteiger charge is 1.85. The molecule has 49 valence electrons. The van der Waals surface area contributed by atoms with Gasteiger partial charge in [0.2, 0.25) is 0 Å². The van der Waals surface area contributed by atoms with E-state index in [1.54, 1.807) is 18.2 Å². The van der Waals surface area contributed by atoms with Crippen molar-refractivity contribution < 1.29 is 4.39 Å². The molecule has 0 aliphatic rings. The Balaban J connectivity index is 3.03. The van der Waals surface area contributed by atoms with E-state index in [-0.39, 0.29) is 0 Å². The Hall–Kier alpha value is -1.29. The van der Waals surface area contributed by atoms with Gasteiger partial charge >= 0.3 is 0 Å². The van der Waals surface area contributed by atoms with Gasteiger partial charge in [0.25, 0.3) is 0 Å². The molecule has 0 fully saturated rings. The summed E-state index contributed by atoms with van der Waals surface area (Å²) in [6.07, 6.45) is 1.33. The van der Waals surface area contributed by atoms with Crippen molar-refractivity contribution in [1.29, 1.82) is 0 Å². The maximum Gasteiger partial charge on any atom is 0.111 e. The van der Waals surface area contributed by atoms with E-state index in [4.69, 9.17) is 0 Å². The molecule has 0 atom stereocenters. The largest absolute Gasteiger partial charge is 0.144 e. The third-order valence-corrected chi connectivity index (χ3v) is 1.12. The first-order valence-electron chi connectivity index (χ1n) is 2.86. The number of halogens is 1.